The normalized spacial score (nSPS) is 13.3. The first kappa shape index (κ1) is 22.0. The summed E-state index contributed by atoms with van der Waals surface area (Å²) in [5.74, 6) is 1.01. The zero-order valence-corrected chi connectivity index (χ0v) is 16.9. The van der Waals surface area contributed by atoms with Gasteiger partial charge in [0.05, 0.1) is 18.6 Å². The van der Waals surface area contributed by atoms with E-state index in [0.717, 1.165) is 56.4 Å². The Morgan fingerprint density at radius 3 is 2.38 bits per heavy atom. The Hall–Kier alpha value is -2.08. The summed E-state index contributed by atoms with van der Waals surface area (Å²) in [6.07, 6.45) is 10.9. The van der Waals surface area contributed by atoms with Crippen molar-refractivity contribution in [3.8, 4) is 0 Å². The lowest BCUT2D eigenvalue weighted by Crippen LogP contribution is -2.44. The third-order valence-electron chi connectivity index (χ3n) is 3.97. The molecule has 0 saturated carbocycles. The van der Waals surface area contributed by atoms with Gasteiger partial charge in [-0.15, -0.1) is 0 Å². The molecule has 0 unspecified atom stereocenters. The third-order valence-corrected chi connectivity index (χ3v) is 3.97. The van der Waals surface area contributed by atoms with Gasteiger partial charge < -0.3 is 19.4 Å². The second-order valence-electron chi connectivity index (χ2n) is 5.93. The number of aromatic nitrogens is 3. The van der Waals surface area contributed by atoms with Crippen molar-refractivity contribution in [3.05, 3.63) is 37.1 Å². The van der Waals surface area contributed by atoms with Crippen LogP contribution in [0.1, 0.15) is 46.2 Å². The molecule has 6 nitrogen and oxygen atoms in total. The lowest BCUT2D eigenvalue weighted by Gasteiger charge is -2.28. The van der Waals surface area contributed by atoms with E-state index in [-0.39, 0.29) is 0 Å². The molecule has 0 spiro atoms. The Bertz CT molecular complexity index is 618. The minimum atomic E-state index is 0.726. The molecule has 1 aliphatic rings. The monoisotopic (exact) mass is 361 g/mol. The maximum absolute atomic E-state index is 4.64. The number of hydrogen-bond acceptors (Lipinski definition) is 5. The Kier molecular flexibility index (Phi) is 11.1. The van der Waals surface area contributed by atoms with Crippen LogP contribution in [0.3, 0.4) is 0 Å². The van der Waals surface area contributed by atoms with Gasteiger partial charge in [-0.05, 0) is 13.3 Å². The minimum absolute atomic E-state index is 0.726. The van der Waals surface area contributed by atoms with Gasteiger partial charge in [0.1, 0.15) is 0 Å². The maximum atomic E-state index is 4.64. The summed E-state index contributed by atoms with van der Waals surface area (Å²) in [5.41, 5.74) is 2.10. The lowest BCUT2D eigenvalue weighted by molar-refractivity contribution is 0.270. The number of piperazine rings is 1. The molecule has 26 heavy (non-hydrogen) atoms. The summed E-state index contributed by atoms with van der Waals surface area (Å²) in [7, 11) is 0. The molecule has 146 valence electrons. The van der Waals surface area contributed by atoms with E-state index in [2.05, 4.69) is 62.9 Å². The summed E-state index contributed by atoms with van der Waals surface area (Å²) in [6.45, 7) is 16.5. The van der Waals surface area contributed by atoms with Crippen LogP contribution in [0.4, 0.5) is 5.82 Å². The van der Waals surface area contributed by atoms with Crippen molar-refractivity contribution >= 4 is 11.5 Å². The van der Waals surface area contributed by atoms with Gasteiger partial charge in [-0.3, -0.25) is 0 Å². The van der Waals surface area contributed by atoms with Crippen LogP contribution in [0.15, 0.2) is 31.4 Å². The van der Waals surface area contributed by atoms with Crippen molar-refractivity contribution < 1.29 is 4.74 Å². The van der Waals surface area contributed by atoms with E-state index < -0.39 is 0 Å². The van der Waals surface area contributed by atoms with Gasteiger partial charge in [0, 0.05) is 44.8 Å². The molecule has 6 heteroatoms. The SMILES string of the molecule is C=COCC.CCCC.CCc1cn2ccnc(N3CCNCC3)c2n1. The molecule has 0 bridgehead atoms. The molecule has 3 heterocycles. The minimum Gasteiger partial charge on any atom is -0.502 e. The highest BCUT2D eigenvalue weighted by molar-refractivity contribution is 5.64. The van der Waals surface area contributed by atoms with Crippen LogP contribution in [0, 0.1) is 0 Å². The van der Waals surface area contributed by atoms with Crippen LogP contribution >= 0.6 is 0 Å². The number of nitrogens with zero attached hydrogens (tertiary/aromatic N) is 4. The van der Waals surface area contributed by atoms with E-state index in [0.29, 0.717) is 0 Å². The fraction of sp³-hybridized carbons (Fsp3) is 0.600. The predicted octanol–water partition coefficient (Wildman–Crippen LogP) is 3.67. The van der Waals surface area contributed by atoms with Gasteiger partial charge in [-0.2, -0.15) is 0 Å². The molecule has 2 aromatic rings. The zero-order valence-electron chi connectivity index (χ0n) is 16.9. The molecule has 1 aliphatic heterocycles. The van der Waals surface area contributed by atoms with E-state index in [1.807, 2.05) is 19.3 Å². The van der Waals surface area contributed by atoms with Gasteiger partial charge in [-0.25, -0.2) is 9.97 Å². The molecule has 3 rings (SSSR count). The Balaban J connectivity index is 0.000000317. The lowest BCUT2D eigenvalue weighted by atomic mass is 10.3. The van der Waals surface area contributed by atoms with Crippen molar-refractivity contribution in [2.45, 2.75) is 47.0 Å². The number of unbranched alkanes of at least 4 members (excludes halogenated alkanes) is 1. The van der Waals surface area contributed by atoms with Crippen LogP contribution in [0.2, 0.25) is 0 Å². The summed E-state index contributed by atoms with van der Waals surface area (Å²) < 4.78 is 6.67. The Morgan fingerprint density at radius 1 is 1.19 bits per heavy atom. The zero-order chi connectivity index (χ0) is 19.2. The third kappa shape index (κ3) is 7.04. The Morgan fingerprint density at radius 2 is 1.88 bits per heavy atom. The van der Waals surface area contributed by atoms with Gasteiger partial charge in [0.25, 0.3) is 0 Å². The second-order valence-corrected chi connectivity index (χ2v) is 5.93. The summed E-state index contributed by atoms with van der Waals surface area (Å²) in [4.78, 5) is 11.4. The van der Waals surface area contributed by atoms with Crippen molar-refractivity contribution in [2.24, 2.45) is 0 Å². The fourth-order valence-corrected chi connectivity index (χ4v) is 2.34. The molecule has 0 amide bonds. The van der Waals surface area contributed by atoms with Crippen LogP contribution in [-0.4, -0.2) is 47.2 Å². The highest BCUT2D eigenvalue weighted by Gasteiger charge is 2.16. The van der Waals surface area contributed by atoms with E-state index in [1.165, 1.54) is 19.1 Å². The van der Waals surface area contributed by atoms with Crippen LogP contribution in [-0.2, 0) is 11.2 Å². The predicted molar refractivity (Wildman–Crippen MR) is 110 cm³/mol. The fourth-order valence-electron chi connectivity index (χ4n) is 2.34. The molecule has 0 atom stereocenters. The van der Waals surface area contributed by atoms with Crippen molar-refractivity contribution in [2.75, 3.05) is 37.7 Å². The first-order valence-electron chi connectivity index (χ1n) is 9.72. The highest BCUT2D eigenvalue weighted by Crippen LogP contribution is 2.18. The first-order valence-corrected chi connectivity index (χ1v) is 9.72. The molecule has 1 fully saturated rings. The van der Waals surface area contributed by atoms with Gasteiger partial charge in [-0.1, -0.05) is 40.2 Å². The van der Waals surface area contributed by atoms with Crippen LogP contribution in [0.5, 0.6) is 0 Å². The number of fused-ring (bicyclic) bond motifs is 1. The van der Waals surface area contributed by atoms with E-state index >= 15 is 0 Å². The number of nitrogens with one attached hydrogen (secondary N) is 1. The number of ether oxygens (including phenoxy) is 1. The number of imidazole rings is 1. The molecule has 0 aromatic carbocycles. The average Bonchev–Trinajstić information content (AvgIpc) is 3.13. The van der Waals surface area contributed by atoms with Crippen molar-refractivity contribution in [1.29, 1.82) is 0 Å². The molecular weight excluding hydrogens is 326 g/mol. The smallest absolute Gasteiger partial charge is 0.180 e. The number of rotatable bonds is 5. The molecular formula is C20H35N5O. The van der Waals surface area contributed by atoms with Gasteiger partial charge in [0.2, 0.25) is 0 Å². The molecule has 0 aliphatic carbocycles. The highest BCUT2D eigenvalue weighted by atomic mass is 16.5. The average molecular weight is 362 g/mol. The molecule has 1 saturated heterocycles. The van der Waals surface area contributed by atoms with Crippen molar-refractivity contribution in [3.63, 3.8) is 0 Å². The van der Waals surface area contributed by atoms with Crippen molar-refractivity contribution in [1.82, 2.24) is 19.7 Å². The molecule has 2 aromatic heterocycles. The van der Waals surface area contributed by atoms with Crippen LogP contribution in [0.25, 0.3) is 5.65 Å². The number of aryl methyl sites for hydroxylation is 1. The van der Waals surface area contributed by atoms with Gasteiger partial charge >= 0.3 is 0 Å². The first-order chi connectivity index (χ1) is 12.7. The number of anilines is 1. The van der Waals surface area contributed by atoms with E-state index in [9.17, 15) is 0 Å². The molecule has 1 N–H and O–H groups in total. The number of hydrogen-bond donors (Lipinski definition) is 1. The Labute approximate surface area is 158 Å². The van der Waals surface area contributed by atoms with E-state index in [1.54, 1.807) is 0 Å². The summed E-state index contributed by atoms with van der Waals surface area (Å²) in [6, 6.07) is 0. The maximum Gasteiger partial charge on any atom is 0.180 e. The van der Waals surface area contributed by atoms with E-state index in [4.69, 9.17) is 0 Å². The summed E-state index contributed by atoms with van der Waals surface area (Å²) >= 11 is 0. The van der Waals surface area contributed by atoms with Crippen LogP contribution < -0.4 is 10.2 Å². The molecule has 0 radical (unpaired) electrons. The topological polar surface area (TPSA) is 54.7 Å². The quantitative estimate of drug-likeness (QED) is 0.824. The van der Waals surface area contributed by atoms with Gasteiger partial charge in [0.15, 0.2) is 11.5 Å². The second kappa shape index (κ2) is 13.2. The summed E-state index contributed by atoms with van der Waals surface area (Å²) in [5, 5.41) is 3.35. The largest absolute Gasteiger partial charge is 0.502 e. The standard InChI is InChI=1S/C12H17N5.C4H8O.C4H10/c1-2-10-9-17-8-5-14-11(12(17)15-10)16-6-3-13-4-7-16;1-3-5-4-2;1-3-4-2/h5,8-9,13H,2-4,6-7H2,1H3;3H,1,4H2,2H3;3-4H2,1-2H3.